The van der Waals surface area contributed by atoms with Crippen molar-refractivity contribution < 1.29 is 19.0 Å². The standard InChI is InChI=1S/C28H31BrN2O4/c1-3-4-5-9-16-34-25-15-13-24(29)17-23(25)19-30-31-28(32)22-12-14-26(27(18-22)33-2)35-20-21-10-7-6-8-11-21/h6-8,10-15,17-19H,3-5,9,16,20H2,1-2H3,(H,31,32)/b30-19+. The van der Waals surface area contributed by atoms with Gasteiger partial charge >= 0.3 is 0 Å². The number of methoxy groups -OCH3 is 1. The zero-order valence-corrected chi connectivity index (χ0v) is 21.7. The predicted molar refractivity (Wildman–Crippen MR) is 143 cm³/mol. The predicted octanol–water partition coefficient (Wildman–Crippen LogP) is 6.76. The number of hydrogen-bond donors (Lipinski definition) is 1. The molecule has 1 N–H and O–H groups in total. The molecule has 0 aliphatic heterocycles. The summed E-state index contributed by atoms with van der Waals surface area (Å²) in [5.41, 5.74) is 4.80. The number of carbonyl (C=O) groups is 1. The van der Waals surface area contributed by atoms with Crippen molar-refractivity contribution in [1.29, 1.82) is 0 Å². The maximum atomic E-state index is 12.7. The van der Waals surface area contributed by atoms with Crippen LogP contribution in [0.2, 0.25) is 0 Å². The molecule has 6 nitrogen and oxygen atoms in total. The molecule has 0 aliphatic rings. The first-order valence-corrected chi connectivity index (χ1v) is 12.5. The highest BCUT2D eigenvalue weighted by Crippen LogP contribution is 2.29. The summed E-state index contributed by atoms with van der Waals surface area (Å²) in [5, 5.41) is 4.13. The summed E-state index contributed by atoms with van der Waals surface area (Å²) in [7, 11) is 1.54. The average Bonchev–Trinajstić information content (AvgIpc) is 2.88. The van der Waals surface area contributed by atoms with E-state index in [0.717, 1.165) is 34.2 Å². The number of hydrazone groups is 1. The van der Waals surface area contributed by atoms with Crippen LogP contribution in [-0.2, 0) is 6.61 Å². The topological polar surface area (TPSA) is 69.2 Å². The first-order valence-electron chi connectivity index (χ1n) is 11.7. The van der Waals surface area contributed by atoms with Crippen LogP contribution in [-0.4, -0.2) is 25.8 Å². The third-order valence-corrected chi connectivity index (χ3v) is 5.75. The molecule has 0 aromatic heterocycles. The second kappa shape index (κ2) is 14.2. The highest BCUT2D eigenvalue weighted by atomic mass is 79.9. The molecule has 0 atom stereocenters. The summed E-state index contributed by atoms with van der Waals surface area (Å²) >= 11 is 3.48. The minimum Gasteiger partial charge on any atom is -0.493 e. The number of halogens is 1. The second-order valence-corrected chi connectivity index (χ2v) is 8.85. The molecule has 0 spiro atoms. The number of nitrogens with one attached hydrogen (secondary N) is 1. The summed E-state index contributed by atoms with van der Waals surface area (Å²) in [5.74, 6) is 1.41. The Labute approximate surface area is 215 Å². The summed E-state index contributed by atoms with van der Waals surface area (Å²) < 4.78 is 18.1. The fourth-order valence-corrected chi connectivity index (χ4v) is 3.73. The van der Waals surface area contributed by atoms with E-state index in [1.807, 2.05) is 48.5 Å². The van der Waals surface area contributed by atoms with E-state index in [-0.39, 0.29) is 5.91 Å². The molecule has 0 heterocycles. The van der Waals surface area contributed by atoms with Gasteiger partial charge in [0.25, 0.3) is 5.91 Å². The van der Waals surface area contributed by atoms with E-state index in [2.05, 4.69) is 33.4 Å². The van der Waals surface area contributed by atoms with Crippen LogP contribution in [0.15, 0.2) is 76.3 Å². The van der Waals surface area contributed by atoms with Crippen LogP contribution in [0, 0.1) is 0 Å². The molecule has 0 fully saturated rings. The number of hydrogen-bond acceptors (Lipinski definition) is 5. The highest BCUT2D eigenvalue weighted by molar-refractivity contribution is 9.10. The second-order valence-electron chi connectivity index (χ2n) is 7.93. The molecule has 0 bridgehead atoms. The van der Waals surface area contributed by atoms with E-state index < -0.39 is 0 Å². The Bertz CT molecular complexity index is 1120. The van der Waals surface area contributed by atoms with Gasteiger partial charge in [0.1, 0.15) is 12.4 Å². The molecule has 7 heteroatoms. The molecule has 35 heavy (non-hydrogen) atoms. The Morgan fingerprint density at radius 1 is 0.943 bits per heavy atom. The number of carbonyl (C=O) groups excluding carboxylic acids is 1. The van der Waals surface area contributed by atoms with Gasteiger partial charge in [-0.1, -0.05) is 72.4 Å². The van der Waals surface area contributed by atoms with E-state index in [1.165, 1.54) is 12.8 Å². The van der Waals surface area contributed by atoms with E-state index in [4.69, 9.17) is 14.2 Å². The lowest BCUT2D eigenvalue weighted by Gasteiger charge is -2.12. The monoisotopic (exact) mass is 538 g/mol. The first kappa shape index (κ1) is 26.3. The number of ether oxygens (including phenoxy) is 3. The van der Waals surface area contributed by atoms with Gasteiger partial charge in [-0.15, -0.1) is 0 Å². The maximum absolute atomic E-state index is 12.7. The lowest BCUT2D eigenvalue weighted by atomic mass is 10.2. The summed E-state index contributed by atoms with van der Waals surface area (Å²) in [6.07, 6.45) is 6.12. The number of amides is 1. The van der Waals surface area contributed by atoms with E-state index in [0.29, 0.717) is 30.3 Å². The van der Waals surface area contributed by atoms with Crippen LogP contribution in [0.25, 0.3) is 0 Å². The van der Waals surface area contributed by atoms with Crippen LogP contribution >= 0.6 is 15.9 Å². The molecule has 3 aromatic carbocycles. The Morgan fingerprint density at radius 3 is 2.51 bits per heavy atom. The lowest BCUT2D eigenvalue weighted by molar-refractivity contribution is 0.0954. The highest BCUT2D eigenvalue weighted by Gasteiger charge is 2.11. The van der Waals surface area contributed by atoms with Crippen molar-refractivity contribution in [2.75, 3.05) is 13.7 Å². The number of benzene rings is 3. The fourth-order valence-electron chi connectivity index (χ4n) is 3.35. The van der Waals surface area contributed by atoms with Gasteiger partial charge in [0.05, 0.1) is 19.9 Å². The molecule has 0 radical (unpaired) electrons. The summed E-state index contributed by atoms with van der Waals surface area (Å²) in [6, 6.07) is 20.6. The molecule has 0 aliphatic carbocycles. The van der Waals surface area contributed by atoms with Crippen molar-refractivity contribution in [3.05, 3.63) is 87.9 Å². The van der Waals surface area contributed by atoms with Gasteiger partial charge in [-0.3, -0.25) is 4.79 Å². The van der Waals surface area contributed by atoms with Gasteiger partial charge in [0.2, 0.25) is 0 Å². The Hall–Kier alpha value is -3.32. The van der Waals surface area contributed by atoms with Crippen LogP contribution in [0.4, 0.5) is 0 Å². The smallest absolute Gasteiger partial charge is 0.271 e. The average molecular weight is 539 g/mol. The zero-order chi connectivity index (χ0) is 24.9. The fraction of sp³-hybridized carbons (Fsp3) is 0.286. The van der Waals surface area contributed by atoms with Gasteiger partial charge in [-0.25, -0.2) is 5.43 Å². The number of nitrogens with zero attached hydrogens (tertiary/aromatic N) is 1. The molecule has 0 unspecified atom stereocenters. The van der Waals surface area contributed by atoms with E-state index in [1.54, 1.807) is 31.5 Å². The number of rotatable bonds is 13. The van der Waals surface area contributed by atoms with E-state index >= 15 is 0 Å². The maximum Gasteiger partial charge on any atom is 0.271 e. The molecule has 0 saturated heterocycles. The lowest BCUT2D eigenvalue weighted by Crippen LogP contribution is -2.17. The molecular weight excluding hydrogens is 508 g/mol. The third-order valence-electron chi connectivity index (χ3n) is 5.26. The van der Waals surface area contributed by atoms with Crippen molar-refractivity contribution in [1.82, 2.24) is 5.43 Å². The zero-order valence-electron chi connectivity index (χ0n) is 20.1. The first-order chi connectivity index (χ1) is 17.1. The van der Waals surface area contributed by atoms with Gasteiger partial charge < -0.3 is 14.2 Å². The van der Waals surface area contributed by atoms with Crippen molar-refractivity contribution in [3.63, 3.8) is 0 Å². The van der Waals surface area contributed by atoms with Crippen LogP contribution in [0.5, 0.6) is 17.2 Å². The molecule has 3 rings (SSSR count). The normalized spacial score (nSPS) is 10.8. The molecule has 184 valence electrons. The number of unbranched alkanes of at least 4 members (excludes halogenated alkanes) is 3. The van der Waals surface area contributed by atoms with Crippen LogP contribution < -0.4 is 19.6 Å². The third kappa shape index (κ3) is 8.44. The Kier molecular flexibility index (Phi) is 10.6. The van der Waals surface area contributed by atoms with E-state index in [9.17, 15) is 4.79 Å². The van der Waals surface area contributed by atoms with Crippen molar-refractivity contribution in [2.45, 2.75) is 39.2 Å². The van der Waals surface area contributed by atoms with Crippen LogP contribution in [0.1, 0.15) is 54.1 Å². The van der Waals surface area contributed by atoms with Crippen LogP contribution in [0.3, 0.4) is 0 Å². The minimum absolute atomic E-state index is 0.355. The van der Waals surface area contributed by atoms with Crippen molar-refractivity contribution in [3.8, 4) is 17.2 Å². The summed E-state index contributed by atoms with van der Waals surface area (Å²) in [6.45, 7) is 3.23. The van der Waals surface area contributed by atoms with Gasteiger partial charge in [-0.05, 0) is 48.4 Å². The summed E-state index contributed by atoms with van der Waals surface area (Å²) in [4.78, 5) is 12.7. The minimum atomic E-state index is -0.355. The largest absolute Gasteiger partial charge is 0.493 e. The molecule has 0 saturated carbocycles. The molecular formula is C28H31BrN2O4. The molecule has 1 amide bonds. The molecule has 3 aromatic rings. The quantitative estimate of drug-likeness (QED) is 0.148. The Balaban J connectivity index is 1.60. The van der Waals surface area contributed by atoms with Gasteiger partial charge in [0, 0.05) is 15.6 Å². The SMILES string of the molecule is CCCCCCOc1ccc(Br)cc1/C=N/NC(=O)c1ccc(OCc2ccccc2)c(OC)c1. The van der Waals surface area contributed by atoms with Gasteiger partial charge in [0.15, 0.2) is 11.5 Å². The van der Waals surface area contributed by atoms with Gasteiger partial charge in [-0.2, -0.15) is 5.10 Å². The Morgan fingerprint density at radius 2 is 1.74 bits per heavy atom. The van der Waals surface area contributed by atoms with Crippen molar-refractivity contribution >= 4 is 28.1 Å². The van der Waals surface area contributed by atoms with Crippen molar-refractivity contribution in [2.24, 2.45) is 5.10 Å².